The van der Waals surface area contributed by atoms with E-state index in [2.05, 4.69) is 0 Å². The van der Waals surface area contributed by atoms with Crippen LogP contribution in [0.1, 0.15) is 20.7 Å². The number of carbonyl (C=O) groups excluding carboxylic acids is 2. The van der Waals surface area contributed by atoms with E-state index in [9.17, 15) is 9.59 Å². The SMILES string of the molecule is COC(=O)c1cc2ccc3cccc4ccc(c1C(=O)OC)c2c34. The van der Waals surface area contributed by atoms with Crippen molar-refractivity contribution in [1.29, 1.82) is 0 Å². The Hall–Kier alpha value is -3.14. The summed E-state index contributed by atoms with van der Waals surface area (Å²) in [4.78, 5) is 24.6. The second-order valence-corrected chi connectivity index (χ2v) is 5.64. The Bertz CT molecular complexity index is 1100. The fourth-order valence-corrected chi connectivity index (χ4v) is 3.40. The molecular formula is C20H14O4. The third-order valence-corrected chi connectivity index (χ3v) is 4.44. The van der Waals surface area contributed by atoms with Gasteiger partial charge in [-0.1, -0.05) is 42.5 Å². The molecular weight excluding hydrogens is 304 g/mol. The molecule has 4 aromatic rings. The van der Waals surface area contributed by atoms with E-state index in [1.165, 1.54) is 14.2 Å². The molecule has 0 saturated carbocycles. The molecule has 4 rings (SSSR count). The van der Waals surface area contributed by atoms with Crippen molar-refractivity contribution in [2.45, 2.75) is 0 Å². The Kier molecular flexibility index (Phi) is 3.13. The highest BCUT2D eigenvalue weighted by Gasteiger charge is 2.24. The lowest BCUT2D eigenvalue weighted by molar-refractivity contribution is 0.0557. The summed E-state index contributed by atoms with van der Waals surface area (Å²) in [5, 5.41) is 5.80. The van der Waals surface area contributed by atoms with Gasteiger partial charge in [-0.3, -0.25) is 0 Å². The first-order chi connectivity index (χ1) is 11.7. The number of esters is 2. The molecule has 24 heavy (non-hydrogen) atoms. The summed E-state index contributed by atoms with van der Waals surface area (Å²) >= 11 is 0. The lowest BCUT2D eigenvalue weighted by atomic mass is 9.89. The molecule has 0 unspecified atom stereocenters. The summed E-state index contributed by atoms with van der Waals surface area (Å²) in [5.74, 6) is -1.10. The van der Waals surface area contributed by atoms with E-state index in [-0.39, 0.29) is 11.1 Å². The highest BCUT2D eigenvalue weighted by atomic mass is 16.5. The van der Waals surface area contributed by atoms with Crippen LogP contribution in [0.15, 0.2) is 48.5 Å². The normalized spacial score (nSPS) is 11.2. The lowest BCUT2D eigenvalue weighted by Gasteiger charge is -2.15. The van der Waals surface area contributed by atoms with Crippen LogP contribution in [-0.2, 0) is 9.47 Å². The summed E-state index contributed by atoms with van der Waals surface area (Å²) in [6, 6.07) is 15.6. The molecule has 0 aliphatic carbocycles. The van der Waals surface area contributed by atoms with E-state index in [0.717, 1.165) is 26.9 Å². The highest BCUT2D eigenvalue weighted by Crippen LogP contribution is 2.37. The average Bonchev–Trinajstić information content (AvgIpc) is 2.64. The van der Waals surface area contributed by atoms with Crippen LogP contribution >= 0.6 is 0 Å². The van der Waals surface area contributed by atoms with Crippen LogP contribution in [0.5, 0.6) is 0 Å². The van der Waals surface area contributed by atoms with Gasteiger partial charge in [0, 0.05) is 0 Å². The first kappa shape index (κ1) is 14.5. The zero-order valence-corrected chi connectivity index (χ0v) is 13.3. The standard InChI is InChI=1S/C20H14O4/c1-23-19(21)15-10-13-7-6-11-4-3-5-12-8-9-14(17(13)16(11)12)18(15)20(22)24-2/h3-10H,1-2H3. The van der Waals surface area contributed by atoms with Gasteiger partial charge in [0.2, 0.25) is 0 Å². The first-order valence-electron chi connectivity index (χ1n) is 7.53. The minimum atomic E-state index is -0.555. The Balaban J connectivity index is 2.27. The predicted molar refractivity (Wildman–Crippen MR) is 92.8 cm³/mol. The van der Waals surface area contributed by atoms with Crippen molar-refractivity contribution in [3.05, 3.63) is 59.7 Å². The van der Waals surface area contributed by atoms with Crippen molar-refractivity contribution >= 4 is 44.3 Å². The Morgan fingerprint density at radius 1 is 0.750 bits per heavy atom. The van der Waals surface area contributed by atoms with E-state index in [0.29, 0.717) is 5.39 Å². The molecule has 0 saturated heterocycles. The molecule has 0 heterocycles. The molecule has 0 aliphatic rings. The zero-order chi connectivity index (χ0) is 16.8. The molecule has 0 aliphatic heterocycles. The molecule has 0 spiro atoms. The number of carbonyl (C=O) groups is 2. The Labute approximate surface area is 137 Å². The number of hydrogen-bond donors (Lipinski definition) is 0. The van der Waals surface area contributed by atoms with Crippen molar-refractivity contribution in [2.75, 3.05) is 14.2 Å². The quantitative estimate of drug-likeness (QED) is 0.411. The zero-order valence-electron chi connectivity index (χ0n) is 13.3. The monoisotopic (exact) mass is 318 g/mol. The molecule has 0 radical (unpaired) electrons. The van der Waals surface area contributed by atoms with Gasteiger partial charge in [-0.05, 0) is 38.4 Å². The van der Waals surface area contributed by atoms with Gasteiger partial charge in [0.15, 0.2) is 0 Å². The molecule has 0 atom stereocenters. The molecule has 4 heteroatoms. The summed E-state index contributed by atoms with van der Waals surface area (Å²) in [5.41, 5.74) is 0.463. The molecule has 4 nitrogen and oxygen atoms in total. The minimum absolute atomic E-state index is 0.218. The van der Waals surface area contributed by atoms with Crippen LogP contribution in [0.25, 0.3) is 32.3 Å². The molecule has 4 aromatic carbocycles. The molecule has 0 aromatic heterocycles. The summed E-state index contributed by atoms with van der Waals surface area (Å²) in [7, 11) is 2.61. The maximum atomic E-state index is 12.4. The minimum Gasteiger partial charge on any atom is -0.465 e. The molecule has 0 fully saturated rings. The highest BCUT2D eigenvalue weighted by molar-refractivity contribution is 6.28. The van der Waals surface area contributed by atoms with Crippen LogP contribution in [0.4, 0.5) is 0 Å². The van der Waals surface area contributed by atoms with Crippen LogP contribution < -0.4 is 0 Å². The van der Waals surface area contributed by atoms with Gasteiger partial charge in [0.25, 0.3) is 0 Å². The van der Waals surface area contributed by atoms with Gasteiger partial charge in [0.05, 0.1) is 25.3 Å². The number of ether oxygens (including phenoxy) is 2. The van der Waals surface area contributed by atoms with Gasteiger partial charge < -0.3 is 9.47 Å². The van der Waals surface area contributed by atoms with Gasteiger partial charge >= 0.3 is 11.9 Å². The molecule has 0 bridgehead atoms. The Morgan fingerprint density at radius 3 is 2.04 bits per heavy atom. The van der Waals surface area contributed by atoms with Crippen LogP contribution in [0.2, 0.25) is 0 Å². The number of hydrogen-bond acceptors (Lipinski definition) is 4. The number of methoxy groups -OCH3 is 2. The van der Waals surface area contributed by atoms with Crippen molar-refractivity contribution < 1.29 is 19.1 Å². The third kappa shape index (κ3) is 1.86. The van der Waals surface area contributed by atoms with Gasteiger partial charge in [-0.25, -0.2) is 9.59 Å². The predicted octanol–water partition coefficient (Wildman–Crippen LogP) is 4.16. The van der Waals surface area contributed by atoms with Crippen LogP contribution in [0.3, 0.4) is 0 Å². The topological polar surface area (TPSA) is 52.6 Å². The largest absolute Gasteiger partial charge is 0.465 e. The van der Waals surface area contributed by atoms with Gasteiger partial charge in [0.1, 0.15) is 0 Å². The van der Waals surface area contributed by atoms with E-state index < -0.39 is 11.9 Å². The number of rotatable bonds is 2. The number of benzene rings is 4. The maximum Gasteiger partial charge on any atom is 0.339 e. The average molecular weight is 318 g/mol. The van der Waals surface area contributed by atoms with Crippen molar-refractivity contribution in [3.63, 3.8) is 0 Å². The fraction of sp³-hybridized carbons (Fsp3) is 0.100. The van der Waals surface area contributed by atoms with Crippen LogP contribution in [-0.4, -0.2) is 26.2 Å². The van der Waals surface area contributed by atoms with Crippen molar-refractivity contribution in [3.8, 4) is 0 Å². The fourth-order valence-electron chi connectivity index (χ4n) is 3.40. The maximum absolute atomic E-state index is 12.4. The van der Waals surface area contributed by atoms with Crippen molar-refractivity contribution in [2.24, 2.45) is 0 Å². The van der Waals surface area contributed by atoms with Crippen molar-refractivity contribution in [1.82, 2.24) is 0 Å². The second-order valence-electron chi connectivity index (χ2n) is 5.64. The summed E-state index contributed by atoms with van der Waals surface area (Å²) < 4.78 is 9.77. The van der Waals surface area contributed by atoms with Gasteiger partial charge in [-0.2, -0.15) is 0 Å². The molecule has 118 valence electrons. The smallest absolute Gasteiger partial charge is 0.339 e. The lowest BCUT2D eigenvalue weighted by Crippen LogP contribution is -2.12. The van der Waals surface area contributed by atoms with E-state index >= 15 is 0 Å². The van der Waals surface area contributed by atoms with E-state index in [1.54, 1.807) is 6.07 Å². The second kappa shape index (κ2) is 5.20. The van der Waals surface area contributed by atoms with Crippen LogP contribution in [0, 0.1) is 0 Å². The molecule has 0 amide bonds. The van der Waals surface area contributed by atoms with E-state index in [4.69, 9.17) is 9.47 Å². The summed E-state index contributed by atoms with van der Waals surface area (Å²) in [6.45, 7) is 0. The van der Waals surface area contributed by atoms with E-state index in [1.807, 2.05) is 42.5 Å². The first-order valence-corrected chi connectivity index (χ1v) is 7.53. The third-order valence-electron chi connectivity index (χ3n) is 4.44. The summed E-state index contributed by atoms with van der Waals surface area (Å²) in [6.07, 6.45) is 0. The molecule has 0 N–H and O–H groups in total. The van der Waals surface area contributed by atoms with Gasteiger partial charge in [-0.15, -0.1) is 0 Å². The Morgan fingerprint density at radius 2 is 1.38 bits per heavy atom.